The van der Waals surface area contributed by atoms with Gasteiger partial charge in [0.1, 0.15) is 5.69 Å². The van der Waals surface area contributed by atoms with Crippen molar-refractivity contribution in [3.63, 3.8) is 0 Å². The van der Waals surface area contributed by atoms with Crippen molar-refractivity contribution < 1.29 is 19.1 Å². The predicted octanol–water partition coefficient (Wildman–Crippen LogP) is 2.67. The van der Waals surface area contributed by atoms with Crippen LogP contribution in [0.25, 0.3) is 11.3 Å². The highest BCUT2D eigenvalue weighted by Crippen LogP contribution is 2.38. The molecule has 10 heteroatoms. The molecule has 0 unspecified atom stereocenters. The summed E-state index contributed by atoms with van der Waals surface area (Å²) in [7, 11) is 1.46. The number of primary amides is 1. The van der Waals surface area contributed by atoms with Crippen molar-refractivity contribution >= 4 is 33.4 Å². The smallest absolute Gasteiger partial charge is 0.271 e. The first-order valence-corrected chi connectivity index (χ1v) is 9.26. The Morgan fingerprint density at radius 3 is 2.66 bits per heavy atom. The summed E-state index contributed by atoms with van der Waals surface area (Å²) in [5.41, 5.74) is 7.79. The fourth-order valence-corrected chi connectivity index (χ4v) is 3.13. The molecule has 0 aliphatic rings. The number of benzene rings is 2. The normalized spacial score (nSPS) is 10.4. The topological polar surface area (TPSA) is 132 Å². The highest BCUT2D eigenvalue weighted by atomic mass is 79.9. The van der Waals surface area contributed by atoms with Crippen LogP contribution >= 0.6 is 15.9 Å². The van der Waals surface area contributed by atoms with Crippen LogP contribution in [0.3, 0.4) is 0 Å². The molecule has 1 aromatic heterocycles. The number of para-hydroxylation sites is 1. The molecule has 0 saturated carbocycles. The Morgan fingerprint density at radius 1 is 1.21 bits per heavy atom. The summed E-state index contributed by atoms with van der Waals surface area (Å²) in [6.07, 6.45) is 0. The monoisotopic (exact) mass is 459 g/mol. The van der Waals surface area contributed by atoms with E-state index in [1.54, 1.807) is 12.1 Å². The molecular formula is C19H18BrN5O4. The molecule has 3 rings (SSSR count). The average molecular weight is 460 g/mol. The Kier molecular flexibility index (Phi) is 6.13. The molecular weight excluding hydrogens is 442 g/mol. The van der Waals surface area contributed by atoms with Crippen molar-refractivity contribution in [1.82, 2.24) is 15.4 Å². The summed E-state index contributed by atoms with van der Waals surface area (Å²) in [6.45, 7) is 1.69. The first-order chi connectivity index (χ1) is 13.9. The lowest BCUT2D eigenvalue weighted by atomic mass is 10.1. The minimum absolute atomic E-state index is 0.000898. The Hall–Kier alpha value is -3.40. The lowest BCUT2D eigenvalue weighted by molar-refractivity contribution is -0.118. The first kappa shape index (κ1) is 20.3. The number of nitrogens with one attached hydrogen (secondary N) is 2. The molecule has 9 nitrogen and oxygen atoms in total. The van der Waals surface area contributed by atoms with E-state index in [0.717, 1.165) is 11.3 Å². The second-order valence-electron chi connectivity index (χ2n) is 6.02. The van der Waals surface area contributed by atoms with Gasteiger partial charge in [0.25, 0.3) is 11.8 Å². The number of H-pyrrole nitrogens is 1. The van der Waals surface area contributed by atoms with Crippen molar-refractivity contribution in [2.45, 2.75) is 6.92 Å². The lowest BCUT2D eigenvalue weighted by Crippen LogP contribution is -2.20. The third-order valence-corrected chi connectivity index (χ3v) is 4.72. The number of nitrogens with zero attached hydrogens (tertiary/aromatic N) is 2. The van der Waals surface area contributed by atoms with Gasteiger partial charge in [-0.2, -0.15) is 15.4 Å². The zero-order valence-electron chi connectivity index (χ0n) is 15.7. The molecule has 0 aliphatic carbocycles. The van der Waals surface area contributed by atoms with Crippen LogP contribution in [0.15, 0.2) is 40.9 Å². The Morgan fingerprint density at radius 2 is 1.97 bits per heavy atom. The van der Waals surface area contributed by atoms with Crippen LogP contribution in [0.2, 0.25) is 0 Å². The quantitative estimate of drug-likeness (QED) is 0.497. The standard InChI is InChI=1S/C19H18BrN5O4/c1-10-5-3-4-6-13(10)22-16(26)9-29-15-8-12(20)11(7-14(15)28-2)17-18(19(21)27)24-25-23-17/h3-8H,9H2,1-2H3,(H2,21,27)(H,22,26)(H,23,24,25). The highest BCUT2D eigenvalue weighted by Gasteiger charge is 2.20. The van der Waals surface area contributed by atoms with Crippen LogP contribution in [0.4, 0.5) is 5.69 Å². The van der Waals surface area contributed by atoms with Crippen molar-refractivity contribution in [3.05, 3.63) is 52.1 Å². The van der Waals surface area contributed by atoms with Crippen molar-refractivity contribution in [2.24, 2.45) is 5.73 Å². The van der Waals surface area contributed by atoms with E-state index in [4.69, 9.17) is 15.2 Å². The number of anilines is 1. The maximum atomic E-state index is 12.2. The van der Waals surface area contributed by atoms with E-state index in [1.165, 1.54) is 7.11 Å². The molecule has 150 valence electrons. The summed E-state index contributed by atoms with van der Waals surface area (Å²) in [4.78, 5) is 23.8. The van der Waals surface area contributed by atoms with Crippen molar-refractivity contribution in [3.8, 4) is 22.8 Å². The number of aromatic nitrogens is 3. The lowest BCUT2D eigenvalue weighted by Gasteiger charge is -2.14. The molecule has 2 aromatic carbocycles. The minimum atomic E-state index is -0.715. The summed E-state index contributed by atoms with van der Waals surface area (Å²) in [5.74, 6) is -0.334. The molecule has 0 saturated heterocycles. The summed E-state index contributed by atoms with van der Waals surface area (Å²) in [6, 6.07) is 10.7. The van der Waals surface area contributed by atoms with E-state index in [-0.39, 0.29) is 23.9 Å². The van der Waals surface area contributed by atoms with Crippen LogP contribution in [0.1, 0.15) is 16.1 Å². The Bertz CT molecular complexity index is 1070. The fraction of sp³-hybridized carbons (Fsp3) is 0.158. The van der Waals surface area contributed by atoms with Crippen molar-refractivity contribution in [2.75, 3.05) is 19.0 Å². The van der Waals surface area contributed by atoms with E-state index in [1.807, 2.05) is 31.2 Å². The fourth-order valence-electron chi connectivity index (χ4n) is 2.62. The maximum Gasteiger partial charge on any atom is 0.271 e. The molecule has 0 radical (unpaired) electrons. The number of carbonyl (C=O) groups is 2. The highest BCUT2D eigenvalue weighted by molar-refractivity contribution is 9.10. The van der Waals surface area contributed by atoms with Gasteiger partial charge in [0, 0.05) is 15.7 Å². The number of amides is 2. The van der Waals surface area contributed by atoms with Crippen LogP contribution in [-0.4, -0.2) is 40.9 Å². The summed E-state index contributed by atoms with van der Waals surface area (Å²) >= 11 is 3.42. The van der Waals surface area contributed by atoms with Gasteiger partial charge in [0.15, 0.2) is 23.8 Å². The van der Waals surface area contributed by atoms with Crippen LogP contribution in [0, 0.1) is 6.92 Å². The van der Waals surface area contributed by atoms with Crippen LogP contribution < -0.4 is 20.5 Å². The second-order valence-corrected chi connectivity index (χ2v) is 6.87. The minimum Gasteiger partial charge on any atom is -0.493 e. The number of nitrogens with two attached hydrogens (primary N) is 1. The molecule has 0 fully saturated rings. The molecule has 0 atom stereocenters. The van der Waals surface area contributed by atoms with Gasteiger partial charge in [-0.05, 0) is 46.6 Å². The van der Waals surface area contributed by atoms with Gasteiger partial charge in [-0.25, -0.2) is 0 Å². The number of hydrogen-bond acceptors (Lipinski definition) is 6. The van der Waals surface area contributed by atoms with E-state index in [0.29, 0.717) is 21.5 Å². The largest absolute Gasteiger partial charge is 0.493 e. The molecule has 1 heterocycles. The van der Waals surface area contributed by atoms with Gasteiger partial charge in [0.2, 0.25) is 0 Å². The number of aryl methyl sites for hydroxylation is 1. The van der Waals surface area contributed by atoms with E-state index < -0.39 is 5.91 Å². The summed E-state index contributed by atoms with van der Waals surface area (Å²) in [5, 5.41) is 12.9. The number of halogens is 1. The third kappa shape index (κ3) is 4.54. The molecule has 0 spiro atoms. The molecule has 2 amide bonds. The van der Waals surface area contributed by atoms with Gasteiger partial charge < -0.3 is 20.5 Å². The van der Waals surface area contributed by atoms with Crippen molar-refractivity contribution in [1.29, 1.82) is 0 Å². The molecule has 3 aromatic rings. The Labute approximate surface area is 174 Å². The third-order valence-electron chi connectivity index (χ3n) is 4.07. The predicted molar refractivity (Wildman–Crippen MR) is 110 cm³/mol. The SMILES string of the molecule is COc1cc(-c2n[nH]nc2C(N)=O)c(Br)cc1OCC(=O)Nc1ccccc1C. The average Bonchev–Trinajstić information content (AvgIpc) is 3.18. The van der Waals surface area contributed by atoms with Crippen LogP contribution in [0.5, 0.6) is 11.5 Å². The number of aromatic amines is 1. The molecule has 29 heavy (non-hydrogen) atoms. The molecule has 4 N–H and O–H groups in total. The van der Waals surface area contributed by atoms with Crippen LogP contribution in [-0.2, 0) is 4.79 Å². The zero-order valence-corrected chi connectivity index (χ0v) is 17.2. The maximum absolute atomic E-state index is 12.2. The number of methoxy groups -OCH3 is 1. The first-order valence-electron chi connectivity index (χ1n) is 8.47. The van der Waals surface area contributed by atoms with Gasteiger partial charge >= 0.3 is 0 Å². The zero-order chi connectivity index (χ0) is 21.0. The van der Waals surface area contributed by atoms with Gasteiger partial charge in [-0.1, -0.05) is 18.2 Å². The number of hydrogen-bond donors (Lipinski definition) is 3. The molecule has 0 aliphatic heterocycles. The molecule has 0 bridgehead atoms. The second kappa shape index (κ2) is 8.74. The van der Waals surface area contributed by atoms with E-state index in [2.05, 4.69) is 36.7 Å². The van der Waals surface area contributed by atoms with Gasteiger partial charge in [0.05, 0.1) is 7.11 Å². The van der Waals surface area contributed by atoms with E-state index >= 15 is 0 Å². The van der Waals surface area contributed by atoms with Gasteiger partial charge in [-0.15, -0.1) is 0 Å². The van der Waals surface area contributed by atoms with Gasteiger partial charge in [-0.3, -0.25) is 9.59 Å². The Balaban J connectivity index is 1.79. The van der Waals surface area contributed by atoms with E-state index in [9.17, 15) is 9.59 Å². The number of rotatable bonds is 7. The number of carbonyl (C=O) groups excluding carboxylic acids is 2. The summed E-state index contributed by atoms with van der Waals surface area (Å²) < 4.78 is 11.5. The number of ether oxygens (including phenoxy) is 2.